The summed E-state index contributed by atoms with van der Waals surface area (Å²) in [6.45, 7) is 3.71. The summed E-state index contributed by atoms with van der Waals surface area (Å²) >= 11 is 0. The highest BCUT2D eigenvalue weighted by molar-refractivity contribution is 5.84. The van der Waals surface area contributed by atoms with Gasteiger partial charge in [0.05, 0.1) is 6.10 Å². The molecule has 2 aromatic carbocycles. The van der Waals surface area contributed by atoms with Crippen molar-refractivity contribution in [2.24, 2.45) is 0 Å². The number of rotatable bonds is 9. The molecule has 2 unspecified atom stereocenters. The SMILES string of the molecule is CC(Nc1ccc(OCC2CCCO2)cc1)C(=O)NCCc1ccc(F)cc1. The van der Waals surface area contributed by atoms with Crippen LogP contribution >= 0.6 is 0 Å². The van der Waals surface area contributed by atoms with Gasteiger partial charge in [-0.05, 0) is 68.1 Å². The van der Waals surface area contributed by atoms with E-state index in [1.165, 1.54) is 12.1 Å². The molecule has 1 aliphatic rings. The molecule has 0 aromatic heterocycles. The summed E-state index contributed by atoms with van der Waals surface area (Å²) in [4.78, 5) is 12.2. The lowest BCUT2D eigenvalue weighted by molar-refractivity contribution is -0.121. The first kappa shape index (κ1) is 20.1. The Hall–Kier alpha value is -2.60. The van der Waals surface area contributed by atoms with Gasteiger partial charge in [-0.25, -0.2) is 4.39 Å². The van der Waals surface area contributed by atoms with E-state index in [-0.39, 0.29) is 23.9 Å². The van der Waals surface area contributed by atoms with Gasteiger partial charge in [0.1, 0.15) is 24.2 Å². The molecule has 2 aromatic rings. The summed E-state index contributed by atoms with van der Waals surface area (Å²) in [5.41, 5.74) is 1.84. The zero-order chi connectivity index (χ0) is 19.8. The van der Waals surface area contributed by atoms with Gasteiger partial charge in [0.25, 0.3) is 0 Å². The van der Waals surface area contributed by atoms with Gasteiger partial charge in [-0.3, -0.25) is 4.79 Å². The number of nitrogens with one attached hydrogen (secondary N) is 2. The Labute approximate surface area is 165 Å². The maximum absolute atomic E-state index is 12.9. The number of hydrogen-bond acceptors (Lipinski definition) is 4. The number of carbonyl (C=O) groups excluding carboxylic acids is 1. The van der Waals surface area contributed by atoms with Crippen LogP contribution in [0.1, 0.15) is 25.3 Å². The number of hydrogen-bond donors (Lipinski definition) is 2. The Bertz CT molecular complexity index is 743. The number of anilines is 1. The van der Waals surface area contributed by atoms with Crippen LogP contribution in [0.3, 0.4) is 0 Å². The standard InChI is InChI=1S/C22H27FN2O3/c1-16(22(26)24-13-12-17-4-6-18(23)7-5-17)25-19-8-10-20(11-9-19)28-15-21-3-2-14-27-21/h4-11,16,21,25H,2-3,12-15H2,1H3,(H,24,26). The zero-order valence-corrected chi connectivity index (χ0v) is 16.1. The van der Waals surface area contributed by atoms with Gasteiger partial charge in [-0.2, -0.15) is 0 Å². The first-order valence-corrected chi connectivity index (χ1v) is 9.73. The maximum Gasteiger partial charge on any atom is 0.242 e. The van der Waals surface area contributed by atoms with Crippen molar-refractivity contribution in [3.8, 4) is 5.75 Å². The molecule has 28 heavy (non-hydrogen) atoms. The third-order valence-corrected chi connectivity index (χ3v) is 4.72. The molecule has 0 saturated carbocycles. The van der Waals surface area contributed by atoms with E-state index in [2.05, 4.69) is 10.6 Å². The summed E-state index contributed by atoms with van der Waals surface area (Å²) < 4.78 is 24.2. The lowest BCUT2D eigenvalue weighted by atomic mass is 10.1. The van der Waals surface area contributed by atoms with Crippen LogP contribution in [0.25, 0.3) is 0 Å². The van der Waals surface area contributed by atoms with Gasteiger partial charge in [0, 0.05) is 18.8 Å². The first-order valence-electron chi connectivity index (χ1n) is 9.73. The van der Waals surface area contributed by atoms with Crippen LogP contribution in [-0.4, -0.2) is 37.8 Å². The van der Waals surface area contributed by atoms with Crippen LogP contribution in [0.15, 0.2) is 48.5 Å². The maximum atomic E-state index is 12.9. The summed E-state index contributed by atoms with van der Waals surface area (Å²) in [5, 5.41) is 6.08. The van der Waals surface area contributed by atoms with Crippen LogP contribution in [0, 0.1) is 5.82 Å². The average molecular weight is 386 g/mol. The Balaban J connectivity index is 1.38. The Morgan fingerprint density at radius 3 is 2.64 bits per heavy atom. The largest absolute Gasteiger partial charge is 0.491 e. The number of halogens is 1. The predicted octanol–water partition coefficient (Wildman–Crippen LogP) is 3.54. The lowest BCUT2D eigenvalue weighted by Gasteiger charge is -2.16. The molecule has 150 valence electrons. The van der Waals surface area contributed by atoms with E-state index in [0.717, 1.165) is 36.4 Å². The smallest absolute Gasteiger partial charge is 0.242 e. The molecular formula is C22H27FN2O3. The van der Waals surface area contributed by atoms with Gasteiger partial charge < -0.3 is 20.1 Å². The van der Waals surface area contributed by atoms with Crippen molar-refractivity contribution >= 4 is 11.6 Å². The van der Waals surface area contributed by atoms with E-state index in [1.54, 1.807) is 12.1 Å². The van der Waals surface area contributed by atoms with Crippen molar-refractivity contribution in [2.75, 3.05) is 25.1 Å². The van der Waals surface area contributed by atoms with Crippen LogP contribution in [0.5, 0.6) is 5.75 Å². The highest BCUT2D eigenvalue weighted by Gasteiger charge is 2.16. The van der Waals surface area contributed by atoms with Crippen LogP contribution in [0.4, 0.5) is 10.1 Å². The zero-order valence-electron chi connectivity index (χ0n) is 16.1. The quantitative estimate of drug-likeness (QED) is 0.692. The van der Waals surface area contributed by atoms with Gasteiger partial charge in [0.2, 0.25) is 5.91 Å². The summed E-state index contributed by atoms with van der Waals surface area (Å²) in [6.07, 6.45) is 3.00. The third kappa shape index (κ3) is 6.23. The topological polar surface area (TPSA) is 59.6 Å². The number of carbonyl (C=O) groups is 1. The average Bonchev–Trinajstić information content (AvgIpc) is 3.22. The molecule has 6 heteroatoms. The van der Waals surface area contributed by atoms with E-state index in [4.69, 9.17) is 9.47 Å². The molecule has 2 atom stereocenters. The van der Waals surface area contributed by atoms with Crippen LogP contribution in [0.2, 0.25) is 0 Å². The molecular weight excluding hydrogens is 359 g/mol. The van der Waals surface area contributed by atoms with E-state index >= 15 is 0 Å². The molecule has 1 fully saturated rings. The fourth-order valence-electron chi connectivity index (χ4n) is 3.06. The molecule has 0 aliphatic carbocycles. The highest BCUT2D eigenvalue weighted by Crippen LogP contribution is 2.19. The van der Waals surface area contributed by atoms with E-state index in [9.17, 15) is 9.18 Å². The molecule has 0 bridgehead atoms. The van der Waals surface area contributed by atoms with Crippen molar-refractivity contribution in [3.05, 3.63) is 59.9 Å². The summed E-state index contributed by atoms with van der Waals surface area (Å²) in [5.74, 6) is 0.451. The minimum absolute atomic E-state index is 0.0826. The fraction of sp³-hybridized carbons (Fsp3) is 0.409. The summed E-state index contributed by atoms with van der Waals surface area (Å²) in [7, 11) is 0. The van der Waals surface area contributed by atoms with E-state index < -0.39 is 0 Å². The normalized spacial score (nSPS) is 17.1. The molecule has 5 nitrogen and oxygen atoms in total. The van der Waals surface area contributed by atoms with Crippen LogP contribution < -0.4 is 15.4 Å². The predicted molar refractivity (Wildman–Crippen MR) is 107 cm³/mol. The second-order valence-electron chi connectivity index (χ2n) is 7.00. The Kier molecular flexibility index (Phi) is 7.25. The molecule has 1 amide bonds. The van der Waals surface area contributed by atoms with Gasteiger partial charge >= 0.3 is 0 Å². The van der Waals surface area contributed by atoms with Crippen molar-refractivity contribution in [2.45, 2.75) is 38.3 Å². The number of ether oxygens (including phenoxy) is 2. The number of benzene rings is 2. The van der Waals surface area contributed by atoms with Crippen molar-refractivity contribution < 1.29 is 18.7 Å². The number of amides is 1. The van der Waals surface area contributed by atoms with Crippen molar-refractivity contribution in [1.29, 1.82) is 0 Å². The molecule has 0 spiro atoms. The van der Waals surface area contributed by atoms with Gasteiger partial charge in [-0.1, -0.05) is 12.1 Å². The third-order valence-electron chi connectivity index (χ3n) is 4.72. The lowest BCUT2D eigenvalue weighted by Crippen LogP contribution is -2.38. The molecule has 1 heterocycles. The first-order chi connectivity index (χ1) is 13.6. The van der Waals surface area contributed by atoms with Gasteiger partial charge in [0.15, 0.2) is 0 Å². The second-order valence-corrected chi connectivity index (χ2v) is 7.00. The van der Waals surface area contributed by atoms with Crippen molar-refractivity contribution in [1.82, 2.24) is 5.32 Å². The minimum Gasteiger partial charge on any atom is -0.491 e. The van der Waals surface area contributed by atoms with Crippen LogP contribution in [-0.2, 0) is 16.0 Å². The second kappa shape index (κ2) is 10.1. The fourth-order valence-corrected chi connectivity index (χ4v) is 3.06. The molecule has 1 saturated heterocycles. The molecule has 3 rings (SSSR count). The molecule has 1 aliphatic heterocycles. The summed E-state index contributed by atoms with van der Waals surface area (Å²) in [6, 6.07) is 13.5. The Morgan fingerprint density at radius 2 is 1.96 bits per heavy atom. The van der Waals surface area contributed by atoms with Gasteiger partial charge in [-0.15, -0.1) is 0 Å². The Morgan fingerprint density at radius 1 is 1.21 bits per heavy atom. The highest BCUT2D eigenvalue weighted by atomic mass is 19.1. The molecule has 2 N–H and O–H groups in total. The minimum atomic E-state index is -0.369. The molecule has 0 radical (unpaired) electrons. The van der Waals surface area contributed by atoms with E-state index in [1.807, 2.05) is 31.2 Å². The van der Waals surface area contributed by atoms with Crippen molar-refractivity contribution in [3.63, 3.8) is 0 Å². The monoisotopic (exact) mass is 386 g/mol. The van der Waals surface area contributed by atoms with E-state index in [0.29, 0.717) is 19.6 Å².